The molecule has 1 saturated carbocycles. The first-order chi connectivity index (χ1) is 8.36. The van der Waals surface area contributed by atoms with Crippen molar-refractivity contribution in [3.05, 3.63) is 35.4 Å². The molecule has 0 bridgehead atoms. The van der Waals surface area contributed by atoms with Gasteiger partial charge in [-0.05, 0) is 42.7 Å². The summed E-state index contributed by atoms with van der Waals surface area (Å²) >= 11 is 0. The zero-order valence-corrected chi connectivity index (χ0v) is 10.1. The number of aliphatic hydroxyl groups excluding tert-OH is 1. The normalized spacial score (nSPS) is 26.8. The molecule has 2 heteroatoms. The third kappa shape index (κ3) is 2.38. The van der Waals surface area contributed by atoms with Gasteiger partial charge in [0.1, 0.15) is 0 Å². The van der Waals surface area contributed by atoms with Crippen molar-refractivity contribution in [2.75, 3.05) is 13.2 Å². The Balaban J connectivity index is 1.81. The lowest BCUT2D eigenvalue weighted by Gasteiger charge is -2.28. The summed E-state index contributed by atoms with van der Waals surface area (Å²) in [4.78, 5) is 0. The van der Waals surface area contributed by atoms with E-state index in [1.54, 1.807) is 0 Å². The summed E-state index contributed by atoms with van der Waals surface area (Å²) in [6, 6.07) is 8.39. The van der Waals surface area contributed by atoms with E-state index in [4.69, 9.17) is 4.74 Å². The molecule has 1 aliphatic carbocycles. The summed E-state index contributed by atoms with van der Waals surface area (Å²) in [7, 11) is 0. The molecule has 3 rings (SSSR count). The summed E-state index contributed by atoms with van der Waals surface area (Å²) in [5.74, 6) is 0.981. The number of rotatable bonds is 3. The first kappa shape index (κ1) is 11.2. The van der Waals surface area contributed by atoms with Crippen LogP contribution in [-0.2, 0) is 4.74 Å². The Morgan fingerprint density at radius 1 is 1.18 bits per heavy atom. The van der Waals surface area contributed by atoms with E-state index in [1.807, 2.05) is 6.07 Å². The summed E-state index contributed by atoms with van der Waals surface area (Å²) in [6.07, 6.45) is 4.38. The van der Waals surface area contributed by atoms with E-state index in [-0.39, 0.29) is 12.0 Å². The van der Waals surface area contributed by atoms with Crippen LogP contribution in [0.15, 0.2) is 24.3 Å². The fraction of sp³-hybridized carbons (Fsp3) is 0.600. The van der Waals surface area contributed by atoms with Gasteiger partial charge in [-0.25, -0.2) is 0 Å². The lowest BCUT2D eigenvalue weighted by atomic mass is 9.87. The van der Waals surface area contributed by atoms with Crippen LogP contribution in [0.2, 0.25) is 0 Å². The van der Waals surface area contributed by atoms with Crippen molar-refractivity contribution >= 4 is 0 Å². The predicted octanol–water partition coefficient (Wildman–Crippen LogP) is 3.02. The Bertz CT molecular complexity index is 378. The molecule has 2 aliphatic rings. The summed E-state index contributed by atoms with van der Waals surface area (Å²) in [6.45, 7) is 1.56. The van der Waals surface area contributed by atoms with E-state index in [2.05, 4.69) is 18.2 Å². The van der Waals surface area contributed by atoms with Crippen LogP contribution in [-0.4, -0.2) is 18.3 Å². The fourth-order valence-electron chi connectivity index (χ4n) is 2.81. The molecule has 0 aromatic heterocycles. The second-order valence-corrected chi connectivity index (χ2v) is 5.33. The van der Waals surface area contributed by atoms with Gasteiger partial charge in [-0.1, -0.05) is 24.3 Å². The maximum absolute atomic E-state index is 10.5. The molecule has 1 aromatic rings. The quantitative estimate of drug-likeness (QED) is 0.868. The molecule has 2 fully saturated rings. The van der Waals surface area contributed by atoms with Crippen molar-refractivity contribution in [1.29, 1.82) is 0 Å². The Hall–Kier alpha value is -0.860. The van der Waals surface area contributed by atoms with E-state index in [1.165, 1.54) is 18.4 Å². The van der Waals surface area contributed by atoms with Gasteiger partial charge in [0.05, 0.1) is 12.7 Å². The van der Waals surface area contributed by atoms with Crippen molar-refractivity contribution in [1.82, 2.24) is 0 Å². The van der Waals surface area contributed by atoms with E-state index in [0.717, 1.165) is 25.0 Å². The van der Waals surface area contributed by atoms with Crippen LogP contribution in [0, 0.1) is 5.92 Å². The molecule has 1 N–H and O–H groups in total. The highest BCUT2D eigenvalue weighted by atomic mass is 16.5. The molecular weight excluding hydrogens is 212 g/mol. The minimum atomic E-state index is -0.341. The van der Waals surface area contributed by atoms with E-state index in [0.29, 0.717) is 12.5 Å². The van der Waals surface area contributed by atoms with Crippen molar-refractivity contribution in [2.45, 2.75) is 37.7 Å². The molecule has 0 radical (unpaired) electrons. The lowest BCUT2D eigenvalue weighted by molar-refractivity contribution is -0.0103. The average Bonchev–Trinajstić information content (AvgIpc) is 3.23. The van der Waals surface area contributed by atoms with Gasteiger partial charge < -0.3 is 9.84 Å². The lowest BCUT2D eigenvalue weighted by Crippen LogP contribution is -2.24. The maximum Gasteiger partial charge on any atom is 0.0842 e. The molecule has 1 saturated heterocycles. The molecule has 0 spiro atoms. The summed E-state index contributed by atoms with van der Waals surface area (Å²) < 4.78 is 5.48. The fourth-order valence-corrected chi connectivity index (χ4v) is 2.81. The van der Waals surface area contributed by atoms with Crippen molar-refractivity contribution in [3.8, 4) is 0 Å². The monoisotopic (exact) mass is 232 g/mol. The van der Waals surface area contributed by atoms with Crippen molar-refractivity contribution < 1.29 is 9.84 Å². The Morgan fingerprint density at radius 2 is 2.00 bits per heavy atom. The topological polar surface area (TPSA) is 29.5 Å². The largest absolute Gasteiger partial charge is 0.388 e. The van der Waals surface area contributed by atoms with Crippen LogP contribution >= 0.6 is 0 Å². The second kappa shape index (κ2) is 4.79. The second-order valence-electron chi connectivity index (χ2n) is 5.33. The molecule has 17 heavy (non-hydrogen) atoms. The Morgan fingerprint density at radius 3 is 2.71 bits per heavy atom. The molecule has 2 unspecified atom stereocenters. The SMILES string of the molecule is OC(c1ccccc1C1CC1)C1CCCOC1. The van der Waals surface area contributed by atoms with Crippen LogP contribution in [0.4, 0.5) is 0 Å². The molecule has 1 heterocycles. The van der Waals surface area contributed by atoms with Gasteiger partial charge >= 0.3 is 0 Å². The van der Waals surface area contributed by atoms with Crippen molar-refractivity contribution in [3.63, 3.8) is 0 Å². The molecule has 2 nitrogen and oxygen atoms in total. The van der Waals surface area contributed by atoms with Gasteiger partial charge in [0.15, 0.2) is 0 Å². The van der Waals surface area contributed by atoms with E-state index >= 15 is 0 Å². The minimum absolute atomic E-state index is 0.281. The zero-order chi connectivity index (χ0) is 11.7. The Kier molecular flexibility index (Phi) is 3.17. The first-order valence-electron chi connectivity index (χ1n) is 6.71. The van der Waals surface area contributed by atoms with Gasteiger partial charge in [0, 0.05) is 12.5 Å². The summed E-state index contributed by atoms with van der Waals surface area (Å²) in [5, 5.41) is 10.5. The van der Waals surface area contributed by atoms with E-state index < -0.39 is 0 Å². The average molecular weight is 232 g/mol. The molecule has 1 aromatic carbocycles. The molecule has 92 valence electrons. The molecule has 0 amide bonds. The van der Waals surface area contributed by atoms with Crippen LogP contribution < -0.4 is 0 Å². The minimum Gasteiger partial charge on any atom is -0.388 e. The number of aliphatic hydroxyl groups is 1. The van der Waals surface area contributed by atoms with Crippen LogP contribution in [0.25, 0.3) is 0 Å². The van der Waals surface area contributed by atoms with Gasteiger partial charge in [-0.2, -0.15) is 0 Å². The summed E-state index contributed by atoms with van der Waals surface area (Å²) in [5.41, 5.74) is 2.51. The maximum atomic E-state index is 10.5. The van der Waals surface area contributed by atoms with Gasteiger partial charge in [-0.15, -0.1) is 0 Å². The number of hydrogen-bond donors (Lipinski definition) is 1. The highest BCUT2D eigenvalue weighted by Gasteiger charge is 2.31. The van der Waals surface area contributed by atoms with Crippen LogP contribution in [0.3, 0.4) is 0 Å². The third-order valence-electron chi connectivity index (χ3n) is 3.97. The highest BCUT2D eigenvalue weighted by Crippen LogP contribution is 2.44. The van der Waals surface area contributed by atoms with Crippen LogP contribution in [0.5, 0.6) is 0 Å². The highest BCUT2D eigenvalue weighted by molar-refractivity contribution is 5.35. The third-order valence-corrected chi connectivity index (χ3v) is 3.97. The standard InChI is InChI=1S/C15H20O2/c16-15(12-4-3-9-17-10-12)14-6-2-1-5-13(14)11-7-8-11/h1-2,5-6,11-12,15-16H,3-4,7-10H2. The Labute approximate surface area is 103 Å². The van der Waals surface area contributed by atoms with Crippen molar-refractivity contribution in [2.24, 2.45) is 5.92 Å². The molecule has 2 atom stereocenters. The number of hydrogen-bond acceptors (Lipinski definition) is 2. The predicted molar refractivity (Wildman–Crippen MR) is 66.9 cm³/mol. The van der Waals surface area contributed by atoms with Crippen LogP contribution in [0.1, 0.15) is 48.8 Å². The van der Waals surface area contributed by atoms with E-state index in [9.17, 15) is 5.11 Å². The number of ether oxygens (including phenoxy) is 1. The smallest absolute Gasteiger partial charge is 0.0842 e. The van der Waals surface area contributed by atoms with Gasteiger partial charge in [0.2, 0.25) is 0 Å². The first-order valence-corrected chi connectivity index (χ1v) is 6.71. The van der Waals surface area contributed by atoms with Gasteiger partial charge in [-0.3, -0.25) is 0 Å². The zero-order valence-electron chi connectivity index (χ0n) is 10.1. The van der Waals surface area contributed by atoms with Gasteiger partial charge in [0.25, 0.3) is 0 Å². The molecular formula is C15H20O2. The molecule has 1 aliphatic heterocycles. The number of benzene rings is 1.